The summed E-state index contributed by atoms with van der Waals surface area (Å²) in [6.07, 6.45) is 0. The summed E-state index contributed by atoms with van der Waals surface area (Å²) in [4.78, 5) is 0. The van der Waals surface area contributed by atoms with Gasteiger partial charge in [-0.3, -0.25) is 0 Å². The van der Waals surface area contributed by atoms with E-state index in [2.05, 4.69) is 83.1 Å². The molecule has 0 N–H and O–H groups in total. The Labute approximate surface area is 134 Å². The van der Waals surface area contributed by atoms with Crippen LogP contribution in [0.3, 0.4) is 0 Å². The van der Waals surface area contributed by atoms with Crippen molar-refractivity contribution < 1.29 is 0 Å². The Hall–Kier alpha value is 0.922. The van der Waals surface area contributed by atoms with Gasteiger partial charge < -0.3 is 0 Å². The van der Waals surface area contributed by atoms with Gasteiger partial charge in [-0.15, -0.1) is 0 Å². The van der Waals surface area contributed by atoms with Gasteiger partial charge in [-0.05, 0) is 23.7 Å². The summed E-state index contributed by atoms with van der Waals surface area (Å²) in [6.45, 7) is 31.0. The SMILES string of the molecule is [CH2]C(C)C.[CH2]C(C)C.[CH2]C(C)C.[CH2]C(C)C.[Pb]. The second-order valence-electron chi connectivity index (χ2n) is 5.58. The molecule has 0 aliphatic rings. The molecular formula is C16H36Pb. The molecule has 0 heterocycles. The molecule has 0 atom stereocenters. The van der Waals surface area contributed by atoms with E-state index in [4.69, 9.17) is 0 Å². The van der Waals surface area contributed by atoms with Crippen LogP contribution in [-0.4, -0.2) is 27.3 Å². The van der Waals surface area contributed by atoms with Crippen molar-refractivity contribution in [2.75, 3.05) is 0 Å². The second-order valence-corrected chi connectivity index (χ2v) is 5.58. The van der Waals surface area contributed by atoms with E-state index in [0.717, 1.165) is 0 Å². The van der Waals surface area contributed by atoms with E-state index < -0.39 is 0 Å². The number of hydrogen-bond acceptors (Lipinski definition) is 0. The van der Waals surface area contributed by atoms with Crippen LogP contribution < -0.4 is 0 Å². The first-order valence-electron chi connectivity index (χ1n) is 6.25. The van der Waals surface area contributed by atoms with Gasteiger partial charge in [0.15, 0.2) is 0 Å². The molecule has 0 saturated heterocycles. The van der Waals surface area contributed by atoms with Crippen LogP contribution in [0.15, 0.2) is 0 Å². The van der Waals surface area contributed by atoms with Crippen LogP contribution in [-0.2, 0) is 0 Å². The normalized spacial score (nSPS) is 8.47. The van der Waals surface area contributed by atoms with Crippen molar-refractivity contribution in [3.05, 3.63) is 27.7 Å². The molecule has 0 fully saturated rings. The Morgan fingerprint density at radius 3 is 0.412 bits per heavy atom. The van der Waals surface area contributed by atoms with Crippen LogP contribution >= 0.6 is 0 Å². The maximum Gasteiger partial charge on any atom is 0 e. The summed E-state index contributed by atoms with van der Waals surface area (Å²) in [5.41, 5.74) is 0. The quantitative estimate of drug-likeness (QED) is 0.439. The molecular weight excluding hydrogens is 399 g/mol. The minimum Gasteiger partial charge on any atom is -0.0628 e. The molecule has 0 nitrogen and oxygen atoms in total. The van der Waals surface area contributed by atoms with Crippen molar-refractivity contribution in [3.63, 3.8) is 0 Å². The molecule has 104 valence electrons. The van der Waals surface area contributed by atoms with Crippen molar-refractivity contribution in [1.82, 2.24) is 0 Å². The fourth-order valence-electron chi connectivity index (χ4n) is 0. The topological polar surface area (TPSA) is 0 Å². The molecule has 0 unspecified atom stereocenters. The van der Waals surface area contributed by atoms with Crippen LogP contribution in [0.25, 0.3) is 0 Å². The predicted octanol–water partition coefficient (Wildman–Crippen LogP) is 5.53. The fraction of sp³-hybridized carbons (Fsp3) is 0.750. The number of rotatable bonds is 0. The van der Waals surface area contributed by atoms with E-state index >= 15 is 0 Å². The maximum atomic E-state index is 3.64. The van der Waals surface area contributed by atoms with Crippen LogP contribution in [0.4, 0.5) is 0 Å². The molecule has 0 aliphatic heterocycles. The van der Waals surface area contributed by atoms with E-state index in [-0.39, 0.29) is 27.3 Å². The third kappa shape index (κ3) is 4430. The van der Waals surface area contributed by atoms with E-state index in [0.29, 0.717) is 23.7 Å². The van der Waals surface area contributed by atoms with Crippen LogP contribution in [0, 0.1) is 51.4 Å². The molecule has 0 amide bonds. The van der Waals surface area contributed by atoms with E-state index in [1.807, 2.05) is 0 Å². The van der Waals surface area contributed by atoms with Crippen LogP contribution in [0.1, 0.15) is 55.4 Å². The summed E-state index contributed by atoms with van der Waals surface area (Å²) < 4.78 is 0. The Bertz CT molecular complexity index is 48.5. The molecule has 1 heteroatoms. The average molecular weight is 436 g/mol. The second kappa shape index (κ2) is 25.7. The largest absolute Gasteiger partial charge is 0.0628 e. The van der Waals surface area contributed by atoms with Gasteiger partial charge in [0.05, 0.1) is 0 Å². The van der Waals surface area contributed by atoms with Crippen LogP contribution in [0.5, 0.6) is 0 Å². The van der Waals surface area contributed by atoms with Gasteiger partial charge >= 0.3 is 0 Å². The summed E-state index contributed by atoms with van der Waals surface area (Å²) in [7, 11) is 0. The van der Waals surface area contributed by atoms with Crippen molar-refractivity contribution in [3.8, 4) is 0 Å². The molecule has 0 saturated carbocycles. The Morgan fingerprint density at radius 1 is 0.412 bits per heavy atom. The third-order valence-corrected chi connectivity index (χ3v) is 0. The Balaban J connectivity index is -0.0000000369. The zero-order valence-electron chi connectivity index (χ0n) is 13.6. The summed E-state index contributed by atoms with van der Waals surface area (Å²) in [5, 5.41) is 0. The van der Waals surface area contributed by atoms with Gasteiger partial charge in [0.25, 0.3) is 0 Å². The molecule has 8 radical (unpaired) electrons. The van der Waals surface area contributed by atoms with Crippen molar-refractivity contribution in [1.29, 1.82) is 0 Å². The van der Waals surface area contributed by atoms with E-state index in [1.54, 1.807) is 0 Å². The molecule has 0 aromatic rings. The Morgan fingerprint density at radius 2 is 0.412 bits per heavy atom. The summed E-state index contributed by atoms with van der Waals surface area (Å²) >= 11 is 0. The maximum absolute atomic E-state index is 3.64. The zero-order valence-corrected chi connectivity index (χ0v) is 17.5. The zero-order chi connectivity index (χ0) is 14.3. The predicted molar refractivity (Wildman–Crippen MR) is 86.5 cm³/mol. The smallest absolute Gasteiger partial charge is 0 e. The molecule has 0 bridgehead atoms. The van der Waals surface area contributed by atoms with Crippen molar-refractivity contribution in [2.24, 2.45) is 23.7 Å². The standard InChI is InChI=1S/4C4H9.Pb/c4*1-4(2)3;/h4*4H,1H2,2-3H3;. The molecule has 0 aromatic carbocycles. The van der Waals surface area contributed by atoms with Crippen molar-refractivity contribution in [2.45, 2.75) is 55.4 Å². The van der Waals surface area contributed by atoms with Gasteiger partial charge in [-0.2, -0.15) is 0 Å². The monoisotopic (exact) mass is 436 g/mol. The van der Waals surface area contributed by atoms with E-state index in [1.165, 1.54) is 0 Å². The summed E-state index contributed by atoms with van der Waals surface area (Å²) in [5.74, 6) is 2.33. The van der Waals surface area contributed by atoms with E-state index in [9.17, 15) is 0 Å². The first kappa shape index (κ1) is 30.7. The number of hydrogen-bond donors (Lipinski definition) is 0. The van der Waals surface area contributed by atoms with Gasteiger partial charge in [0, 0.05) is 27.3 Å². The third-order valence-electron chi connectivity index (χ3n) is 0. The molecule has 0 aromatic heterocycles. The van der Waals surface area contributed by atoms with Gasteiger partial charge in [0.1, 0.15) is 0 Å². The molecule has 0 spiro atoms. The molecule has 0 aliphatic carbocycles. The Kier molecular flexibility index (Phi) is 46.4. The fourth-order valence-corrected chi connectivity index (χ4v) is 0. The molecule has 0 rings (SSSR count). The minimum absolute atomic E-state index is 0. The average Bonchev–Trinajstić information content (AvgIpc) is 1.76. The van der Waals surface area contributed by atoms with Crippen LogP contribution in [0.2, 0.25) is 0 Å². The first-order chi connectivity index (χ1) is 6.93. The van der Waals surface area contributed by atoms with Gasteiger partial charge in [-0.1, -0.05) is 83.1 Å². The summed E-state index contributed by atoms with van der Waals surface area (Å²) in [6, 6.07) is 0. The van der Waals surface area contributed by atoms with Crippen molar-refractivity contribution >= 4 is 27.3 Å². The molecule has 17 heavy (non-hydrogen) atoms. The van der Waals surface area contributed by atoms with Gasteiger partial charge in [0.2, 0.25) is 0 Å². The first-order valence-corrected chi connectivity index (χ1v) is 6.25. The van der Waals surface area contributed by atoms with Gasteiger partial charge in [-0.25, -0.2) is 0 Å². The minimum atomic E-state index is 0.